The molecule has 2 rings (SSSR count). The number of hydrogen-bond donors (Lipinski definition) is 0. The second-order valence-corrected chi connectivity index (χ2v) is 6.28. The van der Waals surface area contributed by atoms with Gasteiger partial charge in [-0.05, 0) is 52.4 Å². The van der Waals surface area contributed by atoms with Crippen LogP contribution in [0.15, 0.2) is 29.6 Å². The molecule has 0 unspecified atom stereocenters. The largest absolute Gasteiger partial charge is 0.294 e. The first-order valence-electron chi connectivity index (χ1n) is 4.77. The van der Waals surface area contributed by atoms with Crippen LogP contribution in [-0.4, -0.2) is 5.78 Å². The van der Waals surface area contributed by atoms with E-state index < -0.39 is 11.6 Å². The minimum atomic E-state index is -0.551. The summed E-state index contributed by atoms with van der Waals surface area (Å²) in [5.74, 6) is -1.28. The molecule has 0 amide bonds. The highest BCUT2D eigenvalue weighted by Crippen LogP contribution is 2.19. The van der Waals surface area contributed by atoms with E-state index in [1.54, 1.807) is 11.4 Å². The van der Waals surface area contributed by atoms with E-state index in [4.69, 9.17) is 0 Å². The van der Waals surface area contributed by atoms with Gasteiger partial charge in [0.15, 0.2) is 5.78 Å². The van der Waals surface area contributed by atoms with Crippen molar-refractivity contribution in [2.24, 2.45) is 0 Å². The number of carbonyl (C=O) groups is 1. The Balaban J connectivity index is 2.21. The van der Waals surface area contributed by atoms with Gasteiger partial charge in [-0.15, -0.1) is 11.3 Å². The molecule has 5 heteroatoms. The number of rotatable bonds is 3. The molecule has 0 aliphatic heterocycles. The maximum absolute atomic E-state index is 13.3. The molecule has 0 N–H and O–H groups in total. The second-order valence-electron chi connectivity index (χ2n) is 3.48. The molecule has 1 aromatic carbocycles. The summed E-state index contributed by atoms with van der Waals surface area (Å²) in [7, 11) is 0. The first-order chi connectivity index (χ1) is 8.06. The Morgan fingerprint density at radius 1 is 1.29 bits per heavy atom. The lowest BCUT2D eigenvalue weighted by Gasteiger charge is -2.01. The molecule has 88 valence electrons. The fourth-order valence-corrected chi connectivity index (χ4v) is 2.76. The van der Waals surface area contributed by atoms with Crippen LogP contribution in [0.4, 0.5) is 8.78 Å². The quantitative estimate of drug-likeness (QED) is 0.593. The van der Waals surface area contributed by atoms with E-state index in [1.165, 1.54) is 11.3 Å². The standard InChI is InChI=1S/C12H7F2IOS/c13-9-1-2-10(14)7(3-9)4-11(16)8-5-12(15)17-6-8/h1-3,5-6H,4H2. The van der Waals surface area contributed by atoms with Crippen LogP contribution in [0.25, 0.3) is 0 Å². The monoisotopic (exact) mass is 364 g/mol. The van der Waals surface area contributed by atoms with Gasteiger partial charge in [0, 0.05) is 17.4 Å². The molecule has 0 spiro atoms. The van der Waals surface area contributed by atoms with Crippen LogP contribution in [0.1, 0.15) is 15.9 Å². The van der Waals surface area contributed by atoms with Crippen molar-refractivity contribution >= 4 is 39.7 Å². The lowest BCUT2D eigenvalue weighted by Crippen LogP contribution is -2.04. The van der Waals surface area contributed by atoms with Gasteiger partial charge in [0.05, 0.1) is 2.88 Å². The van der Waals surface area contributed by atoms with E-state index in [2.05, 4.69) is 22.6 Å². The minimum absolute atomic E-state index is 0.0937. The van der Waals surface area contributed by atoms with Gasteiger partial charge in [0.25, 0.3) is 0 Å². The normalized spacial score (nSPS) is 10.5. The van der Waals surface area contributed by atoms with Gasteiger partial charge in [0.2, 0.25) is 0 Å². The molecule has 0 atom stereocenters. The van der Waals surface area contributed by atoms with Gasteiger partial charge in [-0.25, -0.2) is 8.78 Å². The summed E-state index contributed by atoms with van der Waals surface area (Å²) in [6, 6.07) is 4.88. The van der Waals surface area contributed by atoms with E-state index >= 15 is 0 Å². The molecule has 0 radical (unpaired) electrons. The molecule has 0 saturated heterocycles. The summed E-state index contributed by atoms with van der Waals surface area (Å²) < 4.78 is 27.3. The number of thiophene rings is 1. The van der Waals surface area contributed by atoms with Crippen molar-refractivity contribution in [3.63, 3.8) is 0 Å². The molecule has 0 aliphatic carbocycles. The molecule has 1 aromatic heterocycles. The molecule has 17 heavy (non-hydrogen) atoms. The molecular weight excluding hydrogens is 357 g/mol. The highest BCUT2D eigenvalue weighted by molar-refractivity contribution is 14.1. The van der Waals surface area contributed by atoms with Gasteiger partial charge >= 0.3 is 0 Å². The third-order valence-corrected chi connectivity index (χ3v) is 4.04. The van der Waals surface area contributed by atoms with Gasteiger partial charge < -0.3 is 0 Å². The van der Waals surface area contributed by atoms with E-state index in [9.17, 15) is 13.6 Å². The molecular formula is C12H7F2IOS. The predicted octanol–water partition coefficient (Wildman–Crippen LogP) is 4.06. The predicted molar refractivity (Wildman–Crippen MR) is 71.4 cm³/mol. The summed E-state index contributed by atoms with van der Waals surface area (Å²) in [4.78, 5) is 11.8. The van der Waals surface area contributed by atoms with Crippen molar-refractivity contribution in [1.82, 2.24) is 0 Å². The van der Waals surface area contributed by atoms with Crippen molar-refractivity contribution in [3.8, 4) is 0 Å². The fourth-order valence-electron chi connectivity index (χ4n) is 1.41. The van der Waals surface area contributed by atoms with Crippen LogP contribution in [0.5, 0.6) is 0 Å². The Kier molecular flexibility index (Phi) is 3.88. The third-order valence-electron chi connectivity index (χ3n) is 2.25. The summed E-state index contributed by atoms with van der Waals surface area (Å²) in [5.41, 5.74) is 0.638. The smallest absolute Gasteiger partial charge is 0.168 e. The van der Waals surface area contributed by atoms with Crippen molar-refractivity contribution in [2.75, 3.05) is 0 Å². The highest BCUT2D eigenvalue weighted by atomic mass is 127. The lowest BCUT2D eigenvalue weighted by molar-refractivity contribution is 0.0992. The van der Waals surface area contributed by atoms with Gasteiger partial charge in [0.1, 0.15) is 11.6 Å². The molecule has 1 nitrogen and oxygen atoms in total. The van der Waals surface area contributed by atoms with Crippen LogP contribution >= 0.6 is 33.9 Å². The van der Waals surface area contributed by atoms with Crippen molar-refractivity contribution < 1.29 is 13.6 Å². The van der Waals surface area contributed by atoms with Crippen LogP contribution in [0, 0.1) is 14.5 Å². The van der Waals surface area contributed by atoms with Crippen LogP contribution in [0.3, 0.4) is 0 Å². The zero-order chi connectivity index (χ0) is 12.4. The number of halogens is 3. The van der Waals surface area contributed by atoms with Gasteiger partial charge in [-0.1, -0.05) is 0 Å². The molecule has 0 saturated carbocycles. The minimum Gasteiger partial charge on any atom is -0.294 e. The molecule has 2 aromatic rings. The lowest BCUT2D eigenvalue weighted by atomic mass is 10.0. The second kappa shape index (κ2) is 5.22. The van der Waals surface area contributed by atoms with Crippen LogP contribution in [0.2, 0.25) is 0 Å². The van der Waals surface area contributed by atoms with Gasteiger partial charge in [-0.2, -0.15) is 0 Å². The fraction of sp³-hybridized carbons (Fsp3) is 0.0833. The molecule has 1 heterocycles. The first-order valence-corrected chi connectivity index (χ1v) is 6.73. The molecule has 0 aliphatic rings. The number of ketones is 1. The Hall–Kier alpha value is -0.820. The van der Waals surface area contributed by atoms with Gasteiger partial charge in [-0.3, -0.25) is 4.79 Å². The number of benzene rings is 1. The Bertz CT molecular complexity index is 565. The van der Waals surface area contributed by atoms with Crippen molar-refractivity contribution in [2.45, 2.75) is 6.42 Å². The zero-order valence-electron chi connectivity index (χ0n) is 8.54. The van der Waals surface area contributed by atoms with Crippen molar-refractivity contribution in [1.29, 1.82) is 0 Å². The molecule has 0 fully saturated rings. The average molecular weight is 364 g/mol. The molecule has 0 bridgehead atoms. The average Bonchev–Trinajstić information content (AvgIpc) is 2.70. The topological polar surface area (TPSA) is 17.1 Å². The SMILES string of the molecule is O=C(Cc1cc(F)ccc1F)c1csc(I)c1. The summed E-state index contributed by atoms with van der Waals surface area (Å²) >= 11 is 3.56. The number of hydrogen-bond acceptors (Lipinski definition) is 2. The Morgan fingerprint density at radius 3 is 2.71 bits per heavy atom. The maximum Gasteiger partial charge on any atom is 0.168 e. The number of carbonyl (C=O) groups excluding carboxylic acids is 1. The van der Waals surface area contributed by atoms with E-state index in [0.717, 1.165) is 21.1 Å². The van der Waals surface area contributed by atoms with E-state index in [1.807, 2.05) is 0 Å². The summed E-state index contributed by atoms with van der Waals surface area (Å²) in [6.07, 6.45) is -0.115. The zero-order valence-corrected chi connectivity index (χ0v) is 11.5. The number of Topliss-reactive ketones (excluding diaryl/α,β-unsaturated/α-hetero) is 1. The Morgan fingerprint density at radius 2 is 2.06 bits per heavy atom. The van der Waals surface area contributed by atoms with E-state index in [0.29, 0.717) is 5.56 Å². The maximum atomic E-state index is 13.3. The summed E-state index contributed by atoms with van der Waals surface area (Å²) in [5, 5.41) is 1.72. The first kappa shape index (κ1) is 12.6. The highest BCUT2D eigenvalue weighted by Gasteiger charge is 2.12. The summed E-state index contributed by atoms with van der Waals surface area (Å²) in [6.45, 7) is 0. The third kappa shape index (κ3) is 3.10. The van der Waals surface area contributed by atoms with Crippen molar-refractivity contribution in [3.05, 3.63) is 55.3 Å². The van der Waals surface area contributed by atoms with E-state index in [-0.39, 0.29) is 17.8 Å². The van der Waals surface area contributed by atoms with Crippen LogP contribution in [-0.2, 0) is 6.42 Å². The Labute approximate surface area is 115 Å². The van der Waals surface area contributed by atoms with Crippen LogP contribution < -0.4 is 0 Å².